The maximum absolute atomic E-state index is 10.6. The van der Waals surface area contributed by atoms with E-state index in [1.165, 1.54) is 18.2 Å². The van der Waals surface area contributed by atoms with Crippen LogP contribution in [0.25, 0.3) is 0 Å². The second-order valence-electron chi connectivity index (χ2n) is 1.75. The molecule has 0 aromatic heterocycles. The molecule has 0 aliphatic heterocycles. The molecule has 0 fully saturated rings. The largest absolute Gasteiger partial charge is 0.396 e. The van der Waals surface area contributed by atoms with Crippen LogP contribution in [0, 0.1) is 5.41 Å². The highest BCUT2D eigenvalue weighted by Crippen LogP contribution is 1.97. The van der Waals surface area contributed by atoms with Crippen LogP contribution in [0.4, 0.5) is 0 Å². The molecule has 1 aliphatic rings. The maximum atomic E-state index is 10.6. The van der Waals surface area contributed by atoms with E-state index in [9.17, 15) is 4.79 Å². The highest BCUT2D eigenvalue weighted by atomic mass is 16.1. The number of rotatable bonds is 0. The lowest BCUT2D eigenvalue weighted by atomic mass is 10.1. The molecule has 0 aromatic carbocycles. The Labute approximate surface area is 52.4 Å². The fourth-order valence-electron chi connectivity index (χ4n) is 0.548. The van der Waals surface area contributed by atoms with Gasteiger partial charge in [0.25, 0.3) is 0 Å². The minimum absolute atomic E-state index is 0.141. The molecule has 0 atom stereocenters. The molecule has 0 aromatic rings. The number of ketones is 1. The van der Waals surface area contributed by atoms with Gasteiger partial charge in [-0.15, -0.1) is 0 Å². The summed E-state index contributed by atoms with van der Waals surface area (Å²) in [7, 11) is 0. The minimum Gasteiger partial charge on any atom is -0.396 e. The van der Waals surface area contributed by atoms with Crippen LogP contribution in [-0.2, 0) is 4.79 Å². The Morgan fingerprint density at radius 3 is 2.56 bits per heavy atom. The van der Waals surface area contributed by atoms with Crippen molar-refractivity contribution in [3.63, 3.8) is 0 Å². The summed E-state index contributed by atoms with van der Waals surface area (Å²) in [6, 6.07) is 0. The van der Waals surface area contributed by atoms with Crippen LogP contribution in [0.2, 0.25) is 0 Å². The predicted molar refractivity (Wildman–Crippen MR) is 34.1 cm³/mol. The molecule has 3 heteroatoms. The molecule has 0 saturated heterocycles. The molecule has 0 bridgehead atoms. The lowest BCUT2D eigenvalue weighted by Crippen LogP contribution is -2.13. The van der Waals surface area contributed by atoms with Crippen molar-refractivity contribution in [1.82, 2.24) is 0 Å². The van der Waals surface area contributed by atoms with E-state index >= 15 is 0 Å². The highest BCUT2D eigenvalue weighted by molar-refractivity contribution is 6.17. The Bertz CT molecular complexity index is 225. The van der Waals surface area contributed by atoms with Crippen molar-refractivity contribution in [3.8, 4) is 0 Å². The number of hydrogen-bond donors (Lipinski definition) is 2. The van der Waals surface area contributed by atoms with Crippen molar-refractivity contribution in [2.75, 3.05) is 0 Å². The standard InChI is InChI=1S/C6H6N2O/c7-4-1-2-6(9)5(8)3-4/h1-3,7H,8H2. The number of nitrogens with two attached hydrogens (primary N) is 1. The summed E-state index contributed by atoms with van der Waals surface area (Å²) in [5.74, 6) is -0.217. The summed E-state index contributed by atoms with van der Waals surface area (Å²) in [6.45, 7) is 0. The van der Waals surface area contributed by atoms with Gasteiger partial charge < -0.3 is 11.1 Å². The van der Waals surface area contributed by atoms with E-state index in [-0.39, 0.29) is 17.2 Å². The number of nitrogens with one attached hydrogen (secondary N) is 1. The molecular weight excluding hydrogens is 116 g/mol. The predicted octanol–water partition coefficient (Wildman–Crippen LogP) is -0.0123. The van der Waals surface area contributed by atoms with Crippen molar-refractivity contribution in [2.45, 2.75) is 0 Å². The van der Waals surface area contributed by atoms with Crippen molar-refractivity contribution in [2.24, 2.45) is 5.73 Å². The molecule has 0 amide bonds. The van der Waals surface area contributed by atoms with Crippen molar-refractivity contribution in [3.05, 3.63) is 23.9 Å². The summed E-state index contributed by atoms with van der Waals surface area (Å²) >= 11 is 0. The van der Waals surface area contributed by atoms with E-state index in [4.69, 9.17) is 11.1 Å². The number of hydrogen-bond acceptors (Lipinski definition) is 3. The van der Waals surface area contributed by atoms with Crippen molar-refractivity contribution >= 4 is 11.5 Å². The molecule has 1 rings (SSSR count). The van der Waals surface area contributed by atoms with Gasteiger partial charge in [0.1, 0.15) is 0 Å². The Hall–Kier alpha value is -1.38. The molecule has 0 unspecified atom stereocenters. The number of carbonyl (C=O) groups is 1. The van der Waals surface area contributed by atoms with Gasteiger partial charge in [-0.05, 0) is 18.2 Å². The lowest BCUT2D eigenvalue weighted by molar-refractivity contribution is -0.111. The topological polar surface area (TPSA) is 66.9 Å². The van der Waals surface area contributed by atoms with Crippen LogP contribution in [0.3, 0.4) is 0 Å². The Balaban J connectivity index is 2.95. The van der Waals surface area contributed by atoms with E-state index < -0.39 is 0 Å². The molecule has 0 heterocycles. The zero-order chi connectivity index (χ0) is 6.85. The highest BCUT2D eigenvalue weighted by Gasteiger charge is 2.05. The summed E-state index contributed by atoms with van der Waals surface area (Å²) < 4.78 is 0. The minimum atomic E-state index is -0.217. The fraction of sp³-hybridized carbons (Fsp3) is 0. The van der Waals surface area contributed by atoms with Gasteiger partial charge in [-0.2, -0.15) is 0 Å². The van der Waals surface area contributed by atoms with Crippen LogP contribution in [-0.4, -0.2) is 11.5 Å². The quantitative estimate of drug-likeness (QED) is 0.443. The van der Waals surface area contributed by atoms with Crippen molar-refractivity contribution in [1.29, 1.82) is 5.41 Å². The molecule has 3 N–H and O–H groups in total. The first-order chi connectivity index (χ1) is 4.20. The normalized spacial score (nSPS) is 18.0. The second-order valence-corrected chi connectivity index (χ2v) is 1.75. The van der Waals surface area contributed by atoms with Gasteiger partial charge in [-0.1, -0.05) is 0 Å². The summed E-state index contributed by atoms with van der Waals surface area (Å²) in [5.41, 5.74) is 5.60. The third kappa shape index (κ3) is 1.05. The summed E-state index contributed by atoms with van der Waals surface area (Å²) in [5, 5.41) is 7.01. The van der Waals surface area contributed by atoms with Gasteiger partial charge >= 0.3 is 0 Å². The summed E-state index contributed by atoms with van der Waals surface area (Å²) in [4.78, 5) is 10.6. The summed E-state index contributed by atoms with van der Waals surface area (Å²) in [6.07, 6.45) is 4.04. The zero-order valence-electron chi connectivity index (χ0n) is 4.72. The van der Waals surface area contributed by atoms with Crippen LogP contribution in [0.1, 0.15) is 0 Å². The molecule has 9 heavy (non-hydrogen) atoms. The number of allylic oxidation sites excluding steroid dienone is 3. The van der Waals surface area contributed by atoms with E-state index in [0.717, 1.165) is 0 Å². The van der Waals surface area contributed by atoms with E-state index in [1.807, 2.05) is 0 Å². The monoisotopic (exact) mass is 122 g/mol. The van der Waals surface area contributed by atoms with Crippen LogP contribution in [0.5, 0.6) is 0 Å². The average molecular weight is 122 g/mol. The fourth-order valence-corrected chi connectivity index (χ4v) is 0.548. The average Bonchev–Trinajstić information content (AvgIpc) is 1.80. The third-order valence-electron chi connectivity index (χ3n) is 1.01. The first-order valence-electron chi connectivity index (χ1n) is 2.48. The third-order valence-corrected chi connectivity index (χ3v) is 1.01. The van der Waals surface area contributed by atoms with E-state index in [0.29, 0.717) is 0 Å². The Morgan fingerprint density at radius 2 is 2.11 bits per heavy atom. The molecule has 0 spiro atoms. The maximum Gasteiger partial charge on any atom is 0.201 e. The van der Waals surface area contributed by atoms with Gasteiger partial charge in [-0.3, -0.25) is 4.79 Å². The molecule has 0 radical (unpaired) electrons. The Kier molecular flexibility index (Phi) is 1.18. The Morgan fingerprint density at radius 1 is 1.44 bits per heavy atom. The molecule has 0 saturated carbocycles. The van der Waals surface area contributed by atoms with Gasteiger partial charge in [0.2, 0.25) is 5.78 Å². The lowest BCUT2D eigenvalue weighted by Gasteiger charge is -1.99. The van der Waals surface area contributed by atoms with Gasteiger partial charge in [0, 0.05) is 0 Å². The van der Waals surface area contributed by atoms with Crippen LogP contribution >= 0.6 is 0 Å². The van der Waals surface area contributed by atoms with Gasteiger partial charge in [0.05, 0.1) is 11.4 Å². The van der Waals surface area contributed by atoms with Crippen molar-refractivity contribution < 1.29 is 4.79 Å². The molecular formula is C6H6N2O. The molecule has 3 nitrogen and oxygen atoms in total. The molecule has 1 aliphatic carbocycles. The van der Waals surface area contributed by atoms with Crippen LogP contribution < -0.4 is 5.73 Å². The first kappa shape index (κ1) is 5.75. The van der Waals surface area contributed by atoms with Gasteiger partial charge in [-0.25, -0.2) is 0 Å². The SMILES string of the molecule is N=C1C=CC(=O)C(N)=C1. The van der Waals surface area contributed by atoms with Gasteiger partial charge in [0.15, 0.2) is 0 Å². The smallest absolute Gasteiger partial charge is 0.201 e. The number of carbonyl (C=O) groups excluding carboxylic acids is 1. The first-order valence-corrected chi connectivity index (χ1v) is 2.48. The molecule has 46 valence electrons. The van der Waals surface area contributed by atoms with Crippen LogP contribution in [0.15, 0.2) is 23.9 Å². The van der Waals surface area contributed by atoms with E-state index in [1.54, 1.807) is 0 Å². The second kappa shape index (κ2) is 1.85. The zero-order valence-corrected chi connectivity index (χ0v) is 4.72. The van der Waals surface area contributed by atoms with E-state index in [2.05, 4.69) is 0 Å².